The van der Waals surface area contributed by atoms with Crippen LogP contribution in [0.3, 0.4) is 0 Å². The number of anilines is 2. The number of benzene rings is 9. The lowest BCUT2D eigenvalue weighted by Crippen LogP contribution is -2.17. The van der Waals surface area contributed by atoms with E-state index in [0.29, 0.717) is 29.0 Å². The highest BCUT2D eigenvalue weighted by Gasteiger charge is 2.35. The van der Waals surface area contributed by atoms with Crippen molar-refractivity contribution >= 4 is 88.3 Å². The second kappa shape index (κ2) is 45.4. The van der Waals surface area contributed by atoms with Gasteiger partial charge in [0.2, 0.25) is 23.0 Å². The van der Waals surface area contributed by atoms with Gasteiger partial charge in [0.15, 0.2) is 0 Å². The number of Topliss-reactive ketones (excluding diaryl/α,β-unsaturated/α-hetero) is 3. The molecule has 0 bridgehead atoms. The van der Waals surface area contributed by atoms with E-state index in [-0.39, 0.29) is 103 Å². The molecule has 2 amide bonds. The number of fused-ring (bicyclic) bond motifs is 7. The summed E-state index contributed by atoms with van der Waals surface area (Å²) in [4.78, 5) is 81.8. The molecule has 0 unspecified atom stereocenters. The number of amides is 2. The average Bonchev–Trinajstić information content (AvgIpc) is 1.54. The molecule has 0 saturated carbocycles. The normalized spacial score (nSPS) is 13.6. The van der Waals surface area contributed by atoms with Gasteiger partial charge < -0.3 is 25.1 Å². The van der Waals surface area contributed by atoms with Gasteiger partial charge in [-0.2, -0.15) is 5.10 Å². The van der Waals surface area contributed by atoms with Gasteiger partial charge in [-0.1, -0.05) is 335 Å². The number of nitrogens with zero attached hydrogens (tertiary/aromatic N) is 3. The smallest absolute Gasteiger partial charge is 0.404 e. The number of rotatable bonds is 6. The number of imidazole rings is 1. The van der Waals surface area contributed by atoms with Crippen molar-refractivity contribution in [3.8, 4) is 5.75 Å². The Morgan fingerprint density at radius 2 is 0.935 bits per heavy atom. The molecule has 5 N–H and O–H groups in total. The predicted octanol–water partition coefficient (Wildman–Crippen LogP) is 29.1. The van der Waals surface area contributed by atoms with Crippen LogP contribution in [0, 0.1) is 12.7 Å². The standard InChI is InChI=1S/C14H23O4P.C13H14O2.C13H16.C12H13NO2.C12H15NO.C12H15N.C11H15F.2C11H14N2.C9H13NO/c1-6-16-19(15,17-7-2)18-13-10-8-9-12(11-13)14(3,4)5;1-13(2,3)9-6-4-5-8-7-10(14)12(15)11(8)9;1-13(2,3)12-9-5-7-10-6-4-8-11(10)12;1-12(2,3)7-4-5-8-9(6-7)13-11(15)10(8)14;1-12(2,3)9-4-5-10-8(6-9)7-11(14)13-10;1-12(2,3)10-6-4-5-9-7-8-13-11(9)10;1-8-7-9(11(2,3)4)5-6-10(8)12;1-11(2,3)9-4-5-10-8(6-9)7-12-13-10;1-11(2,3)8-4-5-9-10(6-8)13-7-12-9;1-9(2,3)7-4-5-8(11)10-6-7/h8-11H,6-7H2,1-5H3;4-6H,7H2,1-3H3;4-5,7-9H,6H2,1-3H3;4-6H,1-3H3,(H,13,14,15);4-6H,7H2,1-3H3,(H,13,14);4-6,8H,7H2,1-3H3;5-7H,1-4H3;2*4-7H,1-3H3,(H,12,13);4-6H,1-3H3,(H,10,11). The summed E-state index contributed by atoms with van der Waals surface area (Å²) in [6.07, 6.45) is 14.8. The number of pyridine rings is 1. The molecular weight excluding hydrogens is 1740 g/mol. The number of aliphatic imine (C=N–C) groups is 1. The summed E-state index contributed by atoms with van der Waals surface area (Å²) in [5.74, 6) is -1.08. The lowest BCUT2D eigenvalue weighted by molar-refractivity contribution is -0.115. The molecule has 3 aliphatic heterocycles. The largest absolute Gasteiger partial charge is 0.530 e. The van der Waals surface area contributed by atoms with Crippen LogP contribution in [0.25, 0.3) is 28.0 Å². The van der Waals surface area contributed by atoms with Gasteiger partial charge in [0.05, 0.1) is 65.6 Å². The number of aromatic amines is 3. The SMILES string of the molecule is CC(C)(C)c1ccc(=O)[nH]c1.CC(C)(C)c1ccc2[nH]ncc2c1.CC(C)(C)c1ccc2c(c1)CC(=O)N2.CC(C)(C)c1ccc2c(c1)NC(=O)C2=O.CC(C)(C)c1ccc2nc[nH]c2c1.CC(C)(C)c1cccc2c1C(=O)C(=O)C2.CC(C)(C)c1cccc2c1C=CC2.CC(C)(C)c1cccc2c1N=CC2.CCOP(=O)(OCC)Oc1cccc(C(C)(C)C)c1.Cc1cc(C(C)(C)C)ccc1F. The van der Waals surface area contributed by atoms with Crippen LogP contribution in [-0.2, 0) is 108 Å². The van der Waals surface area contributed by atoms with Crippen molar-refractivity contribution in [2.45, 2.75) is 308 Å². The predicted molar refractivity (Wildman–Crippen MR) is 570 cm³/mol. The summed E-state index contributed by atoms with van der Waals surface area (Å²) in [7, 11) is -3.51. The van der Waals surface area contributed by atoms with Crippen LogP contribution in [-0.4, -0.2) is 73.7 Å². The van der Waals surface area contributed by atoms with Crippen LogP contribution in [0.4, 0.5) is 21.5 Å². The quantitative estimate of drug-likeness (QED) is 0.0769. The van der Waals surface area contributed by atoms with Gasteiger partial charge >= 0.3 is 7.82 Å². The van der Waals surface area contributed by atoms with Crippen molar-refractivity contribution in [3.05, 3.63) is 323 Å². The molecule has 138 heavy (non-hydrogen) atoms. The average molecular weight is 1890 g/mol. The minimum absolute atomic E-state index is 0.000581. The van der Waals surface area contributed by atoms with Crippen LogP contribution in [0.5, 0.6) is 5.75 Å². The Morgan fingerprint density at radius 1 is 0.428 bits per heavy atom. The van der Waals surface area contributed by atoms with Gasteiger partial charge in [-0.05, 0) is 231 Å². The van der Waals surface area contributed by atoms with E-state index in [1.165, 1.54) is 67.2 Å². The number of phosphoric ester groups is 1. The first kappa shape index (κ1) is 111. The van der Waals surface area contributed by atoms with Gasteiger partial charge in [0.25, 0.3) is 11.7 Å². The molecule has 0 radical (unpaired) electrons. The molecular formula is C118H152FN8O10P. The molecule has 0 spiro atoms. The molecule has 0 atom stereocenters. The van der Waals surface area contributed by atoms with Crippen LogP contribution in [0.15, 0.2) is 217 Å². The zero-order valence-electron chi connectivity index (χ0n) is 88.3. The molecule has 736 valence electrons. The Bertz CT molecular complexity index is 6280. The summed E-state index contributed by atoms with van der Waals surface area (Å²) >= 11 is 0. The van der Waals surface area contributed by atoms with Crippen molar-refractivity contribution in [3.63, 3.8) is 0 Å². The van der Waals surface area contributed by atoms with Gasteiger partial charge in [-0.25, -0.2) is 13.9 Å². The third-order valence-corrected chi connectivity index (χ3v) is 25.4. The number of allylic oxidation sites excluding steroid dienone is 1. The van der Waals surface area contributed by atoms with E-state index in [0.717, 1.165) is 74.0 Å². The first-order chi connectivity index (χ1) is 63.8. The molecule has 17 rings (SSSR count). The summed E-state index contributed by atoms with van der Waals surface area (Å²) < 4.78 is 40.8. The monoisotopic (exact) mass is 1890 g/mol. The van der Waals surface area contributed by atoms with Crippen molar-refractivity contribution in [2.75, 3.05) is 23.8 Å². The number of H-pyrrole nitrogens is 3. The maximum atomic E-state index is 12.9. The number of carbonyl (C=O) groups excluding carboxylic acids is 5. The fourth-order valence-electron chi connectivity index (χ4n) is 15.4. The van der Waals surface area contributed by atoms with Gasteiger partial charge in [-0.3, -0.25) is 47.9 Å². The molecule has 0 saturated heterocycles. The number of hydrogen-bond donors (Lipinski definition) is 5. The zero-order valence-corrected chi connectivity index (χ0v) is 89.2. The summed E-state index contributed by atoms with van der Waals surface area (Å²) in [6.45, 7) is 70.7. The van der Waals surface area contributed by atoms with Crippen LogP contribution in [0.2, 0.25) is 0 Å². The van der Waals surface area contributed by atoms with Crippen LogP contribution < -0.4 is 20.7 Å². The van der Waals surface area contributed by atoms with E-state index < -0.39 is 19.5 Å². The van der Waals surface area contributed by atoms with E-state index in [9.17, 15) is 37.7 Å². The molecule has 12 aromatic rings. The van der Waals surface area contributed by atoms with E-state index in [1.54, 1.807) is 51.5 Å². The lowest BCUT2D eigenvalue weighted by Gasteiger charge is -2.22. The maximum Gasteiger partial charge on any atom is 0.530 e. The number of carbonyl (C=O) groups is 5. The summed E-state index contributed by atoms with van der Waals surface area (Å²) in [5.41, 5.74) is 27.7. The molecule has 20 heteroatoms. The minimum Gasteiger partial charge on any atom is -0.404 e. The number of ketones is 3. The number of phosphoric acid groups is 1. The third kappa shape index (κ3) is 31.6. The number of aromatic nitrogens is 5. The van der Waals surface area contributed by atoms with Crippen molar-refractivity contribution < 1.29 is 46.5 Å². The fraction of sp³-hybridized carbons (Fsp3) is 0.415. The highest BCUT2D eigenvalue weighted by Crippen LogP contribution is 2.50. The highest BCUT2D eigenvalue weighted by molar-refractivity contribution is 7.48. The number of nitrogens with one attached hydrogen (secondary N) is 5. The van der Waals surface area contributed by atoms with E-state index in [4.69, 9.17) is 13.6 Å². The Labute approximate surface area is 821 Å². The highest BCUT2D eigenvalue weighted by atomic mass is 31.2. The second-order valence-electron chi connectivity index (χ2n) is 45.8. The Morgan fingerprint density at radius 3 is 1.51 bits per heavy atom. The van der Waals surface area contributed by atoms with Crippen LogP contribution >= 0.6 is 7.82 Å². The number of halogens is 1. The Balaban J connectivity index is 0.000000189. The molecule has 2 aliphatic carbocycles. The first-order valence-electron chi connectivity index (χ1n) is 47.9. The lowest BCUT2D eigenvalue weighted by atomic mass is 9.82. The molecule has 0 fully saturated rings. The molecule has 6 heterocycles. The minimum atomic E-state index is -3.51. The molecule has 5 aliphatic rings. The molecule has 18 nitrogen and oxygen atoms in total. The Kier molecular flexibility index (Phi) is 36.6. The zero-order chi connectivity index (χ0) is 103. The number of hydrogen-bond acceptors (Lipinski definition) is 13. The van der Waals surface area contributed by atoms with Gasteiger partial charge in [0, 0.05) is 48.0 Å². The summed E-state index contributed by atoms with van der Waals surface area (Å²) in [6, 6.07) is 59.6. The first-order valence-corrected chi connectivity index (χ1v) is 49.4. The van der Waals surface area contributed by atoms with Gasteiger partial charge in [-0.15, -0.1) is 0 Å². The number of aryl methyl sites for hydroxylation is 1. The Hall–Kier alpha value is -11.9. The third-order valence-electron chi connectivity index (χ3n) is 23.8. The maximum absolute atomic E-state index is 12.9. The molecule has 3 aromatic heterocycles. The van der Waals surface area contributed by atoms with Gasteiger partial charge in [0.1, 0.15) is 11.6 Å². The van der Waals surface area contributed by atoms with Crippen LogP contribution in [0.1, 0.15) is 331 Å². The van der Waals surface area contributed by atoms with Crippen molar-refractivity contribution in [1.29, 1.82) is 0 Å². The fourth-order valence-corrected chi connectivity index (χ4v) is 16.6. The summed E-state index contributed by atoms with van der Waals surface area (Å²) in [5, 5.41) is 13.5. The second-order valence-corrected chi connectivity index (χ2v) is 47.4. The van der Waals surface area contributed by atoms with E-state index in [2.05, 4.69) is 346 Å². The number of para-hydroxylation sites is 1. The molecule has 9 aromatic carbocycles. The van der Waals surface area contributed by atoms with Crippen molar-refractivity contribution in [2.24, 2.45) is 4.99 Å². The van der Waals surface area contributed by atoms with Crippen molar-refractivity contribution in [1.82, 2.24) is 25.1 Å². The topological polar surface area (TPSA) is 257 Å². The van der Waals surface area contributed by atoms with E-state index >= 15 is 0 Å². The van der Waals surface area contributed by atoms with E-state index in [1.807, 2.05) is 85.2 Å².